The van der Waals surface area contributed by atoms with E-state index in [1.165, 1.54) is 10.6 Å². The first-order valence-electron chi connectivity index (χ1n) is 12.5. The average molecular weight is 566 g/mol. The number of carbonyl (C=O) groups is 2. The maximum Gasteiger partial charge on any atom is 0.311 e. The topological polar surface area (TPSA) is 84.0 Å². The second-order valence-corrected chi connectivity index (χ2v) is 13.2. The van der Waals surface area contributed by atoms with Gasteiger partial charge in [-0.2, -0.15) is 4.31 Å². The zero-order valence-corrected chi connectivity index (χ0v) is 23.1. The van der Waals surface area contributed by atoms with Crippen molar-refractivity contribution in [3.63, 3.8) is 0 Å². The zero-order chi connectivity index (χ0) is 26.5. The Hall–Kier alpha value is -2.13. The molecule has 2 aromatic rings. The lowest BCUT2D eigenvalue weighted by Gasteiger charge is -2.55. The number of rotatable bonds is 8. The molecule has 1 amide bonds. The van der Waals surface area contributed by atoms with E-state index in [2.05, 4.69) is 0 Å². The van der Waals surface area contributed by atoms with Crippen LogP contribution in [-0.4, -0.2) is 60.0 Å². The highest BCUT2D eigenvalue weighted by atomic mass is 35.5. The van der Waals surface area contributed by atoms with Crippen LogP contribution in [0.25, 0.3) is 0 Å². The quantitative estimate of drug-likeness (QED) is 0.424. The molecule has 3 fully saturated rings. The third kappa shape index (κ3) is 5.13. The molecule has 1 spiro atoms. The van der Waals surface area contributed by atoms with Gasteiger partial charge >= 0.3 is 5.97 Å². The van der Waals surface area contributed by atoms with Crippen molar-refractivity contribution in [1.82, 2.24) is 9.21 Å². The number of likely N-dealkylation sites (tertiary alicyclic amines) is 1. The van der Waals surface area contributed by atoms with Crippen LogP contribution < -0.4 is 0 Å². The molecule has 4 unspecified atom stereocenters. The summed E-state index contributed by atoms with van der Waals surface area (Å²) in [5, 5.41) is 1.14. The molecule has 3 aliphatic rings. The Bertz CT molecular complexity index is 1300. The van der Waals surface area contributed by atoms with Crippen LogP contribution in [0.1, 0.15) is 62.1 Å². The van der Waals surface area contributed by atoms with E-state index in [9.17, 15) is 18.0 Å². The van der Waals surface area contributed by atoms with Gasteiger partial charge in [0, 0.05) is 41.0 Å². The molecule has 1 aliphatic carbocycles. The zero-order valence-electron chi connectivity index (χ0n) is 20.8. The van der Waals surface area contributed by atoms with Crippen molar-refractivity contribution in [2.24, 2.45) is 0 Å². The summed E-state index contributed by atoms with van der Waals surface area (Å²) in [6.45, 7) is 2.13. The van der Waals surface area contributed by atoms with Gasteiger partial charge in [0.1, 0.15) is 0 Å². The Kier molecular flexibility index (Phi) is 7.07. The van der Waals surface area contributed by atoms with E-state index in [-0.39, 0.29) is 30.8 Å². The molecule has 0 aromatic heterocycles. The minimum Gasteiger partial charge on any atom is -0.448 e. The summed E-state index contributed by atoms with van der Waals surface area (Å²) in [6.07, 6.45) is 3.69. The molecule has 1 saturated carbocycles. The number of esters is 1. The first kappa shape index (κ1) is 26.5. The van der Waals surface area contributed by atoms with Gasteiger partial charge in [-0.25, -0.2) is 8.42 Å². The first-order chi connectivity index (χ1) is 17.5. The van der Waals surface area contributed by atoms with Gasteiger partial charge in [-0.3, -0.25) is 9.59 Å². The number of hydrogen-bond donors (Lipinski definition) is 0. The summed E-state index contributed by atoms with van der Waals surface area (Å²) in [6, 6.07) is 14.0. The van der Waals surface area contributed by atoms with Crippen molar-refractivity contribution >= 4 is 45.1 Å². The lowest BCUT2D eigenvalue weighted by molar-refractivity contribution is -0.212. The molecule has 2 aromatic carbocycles. The third-order valence-electron chi connectivity index (χ3n) is 7.72. The molecule has 2 saturated heterocycles. The molecule has 2 heterocycles. The fraction of sp³-hybridized carbons (Fsp3) is 0.481. The molecule has 0 N–H and O–H groups in total. The predicted octanol–water partition coefficient (Wildman–Crippen LogP) is 4.94. The largest absolute Gasteiger partial charge is 0.448 e. The minimum absolute atomic E-state index is 0.00157. The van der Waals surface area contributed by atoms with Gasteiger partial charge in [-0.15, -0.1) is 0 Å². The van der Waals surface area contributed by atoms with Gasteiger partial charge < -0.3 is 9.64 Å². The molecule has 2 aliphatic heterocycles. The Morgan fingerprint density at radius 2 is 1.76 bits per heavy atom. The summed E-state index contributed by atoms with van der Waals surface area (Å²) in [5.41, 5.74) is 0.527. The molecular formula is C27H30Cl2N2O5S. The molecule has 4 atom stereocenters. The second-order valence-electron chi connectivity index (χ2n) is 10.3. The van der Waals surface area contributed by atoms with Gasteiger partial charge in [-0.05, 0) is 54.7 Å². The van der Waals surface area contributed by atoms with E-state index in [0.29, 0.717) is 22.9 Å². The standard InChI is InChI=1S/C27H30Cl2N2O5S/c1-3-21(16-30(22-11-12-22)37(2,34)35)31-25(17-7-9-19(28)10-8-17)23(18-5-4-6-20(29)13-18)14-27(26(31)33)15-24(32)36-27/h4-10,13,21-23,25H,3,11-12,14-16H2,1-2H3. The van der Waals surface area contributed by atoms with Crippen LogP contribution in [0.15, 0.2) is 48.5 Å². The Balaban J connectivity index is 1.64. The SMILES string of the molecule is CCC(CN(C1CC1)S(C)(=O)=O)N1C(=O)C2(CC(=O)O2)CC(c2cccc(Cl)c2)C1c1ccc(Cl)cc1. The molecular weight excluding hydrogens is 535 g/mol. The van der Waals surface area contributed by atoms with Gasteiger partial charge in [-0.1, -0.05) is 54.4 Å². The molecule has 7 nitrogen and oxygen atoms in total. The van der Waals surface area contributed by atoms with Crippen LogP contribution in [0.5, 0.6) is 0 Å². The summed E-state index contributed by atoms with van der Waals surface area (Å²) in [5.74, 6) is -0.930. The van der Waals surface area contributed by atoms with Crippen LogP contribution >= 0.6 is 23.2 Å². The van der Waals surface area contributed by atoms with E-state index in [1.807, 2.05) is 37.3 Å². The number of halogens is 2. The fourth-order valence-corrected chi connectivity index (χ4v) is 7.33. The minimum atomic E-state index is -3.48. The summed E-state index contributed by atoms with van der Waals surface area (Å²) in [7, 11) is -3.48. The van der Waals surface area contributed by atoms with Gasteiger partial charge in [0.15, 0.2) is 0 Å². The number of carbonyl (C=O) groups excluding carboxylic acids is 2. The first-order valence-corrected chi connectivity index (χ1v) is 15.1. The number of ether oxygens (including phenoxy) is 1. The molecule has 0 bridgehead atoms. The second kappa shape index (κ2) is 9.88. The molecule has 37 heavy (non-hydrogen) atoms. The fourth-order valence-electron chi connectivity index (χ4n) is 5.81. The van der Waals surface area contributed by atoms with Crippen molar-refractivity contribution in [3.8, 4) is 0 Å². The lowest BCUT2D eigenvalue weighted by atomic mass is 9.70. The van der Waals surface area contributed by atoms with E-state index >= 15 is 0 Å². The smallest absolute Gasteiger partial charge is 0.311 e. The van der Waals surface area contributed by atoms with E-state index in [0.717, 1.165) is 24.0 Å². The highest BCUT2D eigenvalue weighted by Gasteiger charge is 2.62. The lowest BCUT2D eigenvalue weighted by Crippen LogP contribution is -2.67. The van der Waals surface area contributed by atoms with Crippen molar-refractivity contribution < 1.29 is 22.7 Å². The summed E-state index contributed by atoms with van der Waals surface area (Å²) in [4.78, 5) is 28.0. The van der Waals surface area contributed by atoms with Crippen LogP contribution in [0.4, 0.5) is 0 Å². The number of sulfonamides is 1. The third-order valence-corrected chi connectivity index (χ3v) is 9.50. The Morgan fingerprint density at radius 1 is 1.08 bits per heavy atom. The number of nitrogens with zero attached hydrogens (tertiary/aromatic N) is 2. The highest BCUT2D eigenvalue weighted by Crippen LogP contribution is 2.53. The molecule has 10 heteroatoms. The van der Waals surface area contributed by atoms with E-state index in [4.69, 9.17) is 27.9 Å². The summed E-state index contributed by atoms with van der Waals surface area (Å²) >= 11 is 12.6. The van der Waals surface area contributed by atoms with Crippen molar-refractivity contribution in [3.05, 3.63) is 69.7 Å². The maximum absolute atomic E-state index is 14.2. The van der Waals surface area contributed by atoms with Crippen LogP contribution in [-0.2, 0) is 24.3 Å². The number of benzene rings is 2. The molecule has 5 rings (SSSR count). The Morgan fingerprint density at radius 3 is 2.30 bits per heavy atom. The van der Waals surface area contributed by atoms with Crippen LogP contribution in [0.2, 0.25) is 10.0 Å². The van der Waals surface area contributed by atoms with Crippen molar-refractivity contribution in [2.75, 3.05) is 12.8 Å². The highest BCUT2D eigenvalue weighted by molar-refractivity contribution is 7.88. The predicted molar refractivity (Wildman–Crippen MR) is 142 cm³/mol. The molecule has 198 valence electrons. The number of piperidine rings is 1. The van der Waals surface area contributed by atoms with Crippen molar-refractivity contribution in [2.45, 2.75) is 68.7 Å². The number of hydrogen-bond acceptors (Lipinski definition) is 5. The summed E-state index contributed by atoms with van der Waals surface area (Å²) < 4.78 is 32.5. The average Bonchev–Trinajstić information content (AvgIpc) is 3.65. The number of amides is 1. The van der Waals surface area contributed by atoms with Crippen LogP contribution in [0.3, 0.4) is 0 Å². The maximum atomic E-state index is 14.2. The van der Waals surface area contributed by atoms with Crippen LogP contribution in [0, 0.1) is 0 Å². The van der Waals surface area contributed by atoms with Crippen molar-refractivity contribution in [1.29, 1.82) is 0 Å². The van der Waals surface area contributed by atoms with Gasteiger partial charge in [0.05, 0.1) is 18.7 Å². The Labute approximate surface area is 227 Å². The van der Waals surface area contributed by atoms with Gasteiger partial charge in [0.25, 0.3) is 5.91 Å². The van der Waals surface area contributed by atoms with Gasteiger partial charge in [0.2, 0.25) is 15.6 Å². The monoisotopic (exact) mass is 564 g/mol. The van der Waals surface area contributed by atoms with E-state index in [1.54, 1.807) is 23.1 Å². The van der Waals surface area contributed by atoms with E-state index < -0.39 is 33.7 Å². The normalized spacial score (nSPS) is 26.8. The molecule has 0 radical (unpaired) electrons.